The first-order valence-corrected chi connectivity index (χ1v) is 10.1. The number of methoxy groups -OCH3 is 1. The number of nitrogens with zero attached hydrogens (tertiary/aromatic N) is 5. The van der Waals surface area contributed by atoms with Gasteiger partial charge in [0.2, 0.25) is 10.0 Å². The van der Waals surface area contributed by atoms with Gasteiger partial charge in [-0.2, -0.15) is 14.4 Å². The molecule has 0 spiro atoms. The van der Waals surface area contributed by atoms with Crippen molar-refractivity contribution in [2.24, 2.45) is 7.05 Å². The van der Waals surface area contributed by atoms with Gasteiger partial charge in [-0.1, -0.05) is 5.16 Å². The van der Waals surface area contributed by atoms with E-state index in [2.05, 4.69) is 15.2 Å². The number of ether oxygens (including phenoxy) is 1. The topological polar surface area (TPSA) is 103 Å². The van der Waals surface area contributed by atoms with Gasteiger partial charge >= 0.3 is 0 Å². The van der Waals surface area contributed by atoms with Crippen LogP contribution >= 0.6 is 0 Å². The molecule has 3 heterocycles. The van der Waals surface area contributed by atoms with Gasteiger partial charge in [0.1, 0.15) is 16.5 Å². The molecule has 0 aliphatic carbocycles. The average molecular weight is 425 g/mol. The summed E-state index contributed by atoms with van der Waals surface area (Å²) in [5, 5.41) is 8.23. The van der Waals surface area contributed by atoms with Gasteiger partial charge in [0.25, 0.3) is 5.89 Å². The maximum atomic E-state index is 14.1. The first-order valence-electron chi connectivity index (χ1n) is 8.63. The summed E-state index contributed by atoms with van der Waals surface area (Å²) in [7, 11) is -0.952. The van der Waals surface area contributed by atoms with E-state index in [1.165, 1.54) is 4.68 Å². The summed E-state index contributed by atoms with van der Waals surface area (Å²) in [6.07, 6.45) is 0.458. The molecule has 2 aromatic heterocycles. The monoisotopic (exact) mass is 425 g/mol. The number of fused-ring (bicyclic) bond motifs is 1. The first kappa shape index (κ1) is 19.6. The molecule has 0 fully saturated rings. The van der Waals surface area contributed by atoms with Crippen LogP contribution in [0.1, 0.15) is 17.1 Å². The zero-order chi connectivity index (χ0) is 20.8. The van der Waals surface area contributed by atoms with Crippen LogP contribution < -0.4 is 0 Å². The van der Waals surface area contributed by atoms with Crippen molar-refractivity contribution in [1.29, 1.82) is 0 Å². The molecule has 1 aromatic carbocycles. The fourth-order valence-electron chi connectivity index (χ4n) is 3.18. The van der Waals surface area contributed by atoms with Crippen LogP contribution in [0.2, 0.25) is 0 Å². The van der Waals surface area contributed by atoms with E-state index in [1.54, 1.807) is 14.2 Å². The zero-order valence-corrected chi connectivity index (χ0v) is 16.4. The lowest BCUT2D eigenvalue weighted by Gasteiger charge is -2.16. The van der Waals surface area contributed by atoms with Gasteiger partial charge in [-0.25, -0.2) is 17.2 Å². The molecule has 29 heavy (non-hydrogen) atoms. The minimum atomic E-state index is -4.18. The van der Waals surface area contributed by atoms with Gasteiger partial charge in [0.05, 0.1) is 18.8 Å². The Bertz CT molecular complexity index is 1170. The summed E-state index contributed by atoms with van der Waals surface area (Å²) < 4.78 is 65.9. The lowest BCUT2D eigenvalue weighted by Crippen LogP contribution is -2.27. The van der Waals surface area contributed by atoms with Crippen LogP contribution in [0.25, 0.3) is 11.6 Å². The Morgan fingerprint density at radius 2 is 2.07 bits per heavy atom. The highest BCUT2D eigenvalue weighted by Crippen LogP contribution is 2.35. The number of aromatic nitrogens is 4. The molecular weight excluding hydrogens is 408 g/mol. The average Bonchev–Trinajstić information content (AvgIpc) is 3.36. The third-order valence-electron chi connectivity index (χ3n) is 4.65. The first-order chi connectivity index (χ1) is 13.8. The minimum absolute atomic E-state index is 0.0113. The van der Waals surface area contributed by atoms with E-state index in [1.807, 2.05) is 0 Å². The number of sulfonamides is 1. The van der Waals surface area contributed by atoms with Crippen molar-refractivity contribution >= 4 is 10.0 Å². The van der Waals surface area contributed by atoms with E-state index in [9.17, 15) is 17.2 Å². The maximum Gasteiger partial charge on any atom is 0.278 e. The fourth-order valence-corrected chi connectivity index (χ4v) is 4.59. The number of hydrogen-bond acceptors (Lipinski definition) is 7. The third kappa shape index (κ3) is 3.43. The van der Waals surface area contributed by atoms with Gasteiger partial charge in [-0.05, 0) is 12.1 Å². The van der Waals surface area contributed by atoms with E-state index < -0.39 is 26.6 Å². The second kappa shape index (κ2) is 7.28. The fraction of sp³-hybridized carbons (Fsp3) is 0.353. The Labute approximate surface area is 164 Å². The van der Waals surface area contributed by atoms with Crippen LogP contribution in [0.4, 0.5) is 8.78 Å². The molecule has 9 nitrogen and oxygen atoms in total. The predicted octanol–water partition coefficient (Wildman–Crippen LogP) is 1.64. The van der Waals surface area contributed by atoms with Crippen LogP contribution in [-0.4, -0.2) is 46.4 Å². The quantitative estimate of drug-likeness (QED) is 0.591. The molecule has 3 aromatic rings. The summed E-state index contributed by atoms with van der Waals surface area (Å²) in [5.41, 5.74) is 1.60. The maximum absolute atomic E-state index is 14.1. The van der Waals surface area contributed by atoms with Gasteiger partial charge in [-0.15, -0.1) is 0 Å². The van der Waals surface area contributed by atoms with E-state index in [0.717, 1.165) is 16.4 Å². The van der Waals surface area contributed by atoms with Crippen LogP contribution in [0.5, 0.6) is 0 Å². The molecule has 4 rings (SSSR count). The standard InChI is InChI=1S/C17H17F2N5O4S/c1-23-13-9-24(29(25,26)14-4-3-10(18)7-12(14)19)8-11(13)16(21-23)17-20-15(22-28-17)5-6-27-2/h3-4,7H,5-6,8-9H2,1-2H3. The number of hydrogen-bond donors (Lipinski definition) is 0. The Morgan fingerprint density at radius 3 is 2.79 bits per heavy atom. The predicted molar refractivity (Wildman–Crippen MR) is 94.9 cm³/mol. The van der Waals surface area contributed by atoms with Crippen molar-refractivity contribution in [3.8, 4) is 11.6 Å². The minimum Gasteiger partial charge on any atom is -0.384 e. The van der Waals surface area contributed by atoms with Crippen molar-refractivity contribution in [2.45, 2.75) is 24.4 Å². The molecule has 0 amide bonds. The summed E-state index contributed by atoms with van der Waals surface area (Å²) in [4.78, 5) is 3.69. The molecule has 0 unspecified atom stereocenters. The molecule has 154 valence electrons. The van der Waals surface area contributed by atoms with Crippen LogP contribution in [0.3, 0.4) is 0 Å². The molecule has 1 aliphatic rings. The molecule has 0 saturated carbocycles. The second-order valence-corrected chi connectivity index (χ2v) is 8.41. The largest absolute Gasteiger partial charge is 0.384 e. The molecule has 0 saturated heterocycles. The zero-order valence-electron chi connectivity index (χ0n) is 15.6. The Balaban J connectivity index is 1.65. The van der Waals surface area contributed by atoms with Gasteiger partial charge in [0, 0.05) is 38.8 Å². The number of benzene rings is 1. The highest BCUT2D eigenvalue weighted by Gasteiger charge is 2.37. The number of halogens is 2. The van der Waals surface area contributed by atoms with Gasteiger partial charge in [-0.3, -0.25) is 4.68 Å². The SMILES string of the molecule is COCCc1noc(-c2nn(C)c3c2CN(S(=O)(=O)c2ccc(F)cc2F)C3)n1. The summed E-state index contributed by atoms with van der Waals surface area (Å²) in [5.74, 6) is -1.38. The Hall–Kier alpha value is -2.70. The summed E-state index contributed by atoms with van der Waals surface area (Å²) in [6.45, 7) is 0.366. The lowest BCUT2D eigenvalue weighted by atomic mass is 10.2. The normalized spacial score (nSPS) is 14.5. The van der Waals surface area contributed by atoms with Crippen molar-refractivity contribution in [2.75, 3.05) is 13.7 Å². The molecule has 12 heteroatoms. The highest BCUT2D eigenvalue weighted by molar-refractivity contribution is 7.89. The van der Waals surface area contributed by atoms with Crippen molar-refractivity contribution < 1.29 is 26.5 Å². The van der Waals surface area contributed by atoms with Crippen LogP contribution in [0.15, 0.2) is 27.6 Å². The van der Waals surface area contributed by atoms with E-state index in [0.29, 0.717) is 41.9 Å². The molecule has 0 N–H and O–H groups in total. The smallest absolute Gasteiger partial charge is 0.278 e. The Kier molecular flexibility index (Phi) is 4.92. The molecule has 0 bridgehead atoms. The summed E-state index contributed by atoms with van der Waals surface area (Å²) in [6, 6.07) is 2.37. The molecule has 0 atom stereocenters. The second-order valence-electron chi connectivity index (χ2n) is 6.50. The third-order valence-corrected chi connectivity index (χ3v) is 6.47. The summed E-state index contributed by atoms with van der Waals surface area (Å²) >= 11 is 0. The van der Waals surface area contributed by atoms with E-state index in [4.69, 9.17) is 9.26 Å². The molecule has 1 aliphatic heterocycles. The number of aryl methyl sites for hydroxylation is 1. The van der Waals surface area contributed by atoms with E-state index in [-0.39, 0.29) is 19.0 Å². The van der Waals surface area contributed by atoms with Crippen molar-refractivity contribution in [3.05, 3.63) is 46.9 Å². The lowest BCUT2D eigenvalue weighted by molar-refractivity contribution is 0.199. The van der Waals surface area contributed by atoms with Crippen LogP contribution in [-0.2, 0) is 41.3 Å². The Morgan fingerprint density at radius 1 is 1.28 bits per heavy atom. The highest BCUT2D eigenvalue weighted by atomic mass is 32.2. The van der Waals surface area contributed by atoms with Gasteiger partial charge in [0.15, 0.2) is 11.5 Å². The van der Waals surface area contributed by atoms with Crippen molar-refractivity contribution in [3.63, 3.8) is 0 Å². The number of rotatable bonds is 6. The van der Waals surface area contributed by atoms with Gasteiger partial charge < -0.3 is 9.26 Å². The van der Waals surface area contributed by atoms with E-state index >= 15 is 0 Å². The van der Waals surface area contributed by atoms with Crippen molar-refractivity contribution in [1.82, 2.24) is 24.2 Å². The molecular formula is C17H17F2N5O4S. The molecule has 0 radical (unpaired) electrons. The van der Waals surface area contributed by atoms with Crippen LogP contribution in [0, 0.1) is 11.6 Å².